The molecule has 0 aromatic heterocycles. The third-order valence-corrected chi connectivity index (χ3v) is 5.30. The van der Waals surface area contributed by atoms with E-state index in [0.29, 0.717) is 11.0 Å². The highest BCUT2D eigenvalue weighted by Gasteiger charge is 2.22. The Morgan fingerprint density at radius 2 is 1.85 bits per heavy atom. The Balaban J connectivity index is 1.60. The average Bonchev–Trinajstić information content (AvgIpc) is 2.64. The van der Waals surface area contributed by atoms with Crippen molar-refractivity contribution >= 4 is 29.3 Å². The fourth-order valence-electron chi connectivity index (χ4n) is 3.09. The Labute approximate surface area is 167 Å². The Morgan fingerprint density at radius 1 is 1.15 bits per heavy atom. The molecule has 0 saturated heterocycles. The Bertz CT molecular complexity index is 795. The largest absolute Gasteiger partial charge is 0.344 e. The highest BCUT2D eigenvalue weighted by atomic mass is 32.1. The predicted octanol–water partition coefficient (Wildman–Crippen LogP) is 4.71. The van der Waals surface area contributed by atoms with Crippen molar-refractivity contribution in [2.75, 3.05) is 6.54 Å². The molecule has 140 valence electrons. The van der Waals surface area contributed by atoms with Gasteiger partial charge in [-0.3, -0.25) is 10.1 Å². The molecule has 0 heterocycles. The summed E-state index contributed by atoms with van der Waals surface area (Å²) in [5.74, 6) is 0.485. The Hall–Kier alpha value is -2.46. The minimum Gasteiger partial charge on any atom is -0.344 e. The normalized spacial score (nSPS) is 14.0. The van der Waals surface area contributed by atoms with E-state index in [4.69, 9.17) is 12.2 Å². The van der Waals surface area contributed by atoms with Crippen LogP contribution in [0.25, 0.3) is 6.08 Å². The van der Waals surface area contributed by atoms with E-state index in [2.05, 4.69) is 22.3 Å². The molecule has 1 amide bonds. The second-order valence-electron chi connectivity index (χ2n) is 7.20. The van der Waals surface area contributed by atoms with E-state index in [1.165, 1.54) is 30.4 Å². The van der Waals surface area contributed by atoms with Crippen molar-refractivity contribution in [3.8, 4) is 0 Å². The van der Waals surface area contributed by atoms with Gasteiger partial charge < -0.3 is 4.90 Å². The van der Waals surface area contributed by atoms with Crippen LogP contribution in [-0.4, -0.2) is 22.5 Å². The highest BCUT2D eigenvalue weighted by Crippen LogP contribution is 2.27. The number of hydrogen-bond donors (Lipinski definition) is 1. The molecule has 1 saturated carbocycles. The highest BCUT2D eigenvalue weighted by molar-refractivity contribution is 7.80. The quantitative estimate of drug-likeness (QED) is 0.583. The lowest BCUT2D eigenvalue weighted by Crippen LogP contribution is -2.44. The van der Waals surface area contributed by atoms with E-state index in [1.54, 1.807) is 6.08 Å². The molecule has 3 nitrogen and oxygen atoms in total. The van der Waals surface area contributed by atoms with Gasteiger partial charge in [0, 0.05) is 19.2 Å². The molecule has 0 radical (unpaired) electrons. The van der Waals surface area contributed by atoms with Crippen LogP contribution in [0.3, 0.4) is 0 Å². The zero-order valence-electron chi connectivity index (χ0n) is 15.7. The summed E-state index contributed by atoms with van der Waals surface area (Å²) in [5, 5.41) is 3.37. The van der Waals surface area contributed by atoms with Gasteiger partial charge in [0.2, 0.25) is 5.91 Å². The molecule has 2 aromatic carbocycles. The van der Waals surface area contributed by atoms with Gasteiger partial charge in [-0.15, -0.1) is 0 Å². The molecule has 0 aliphatic heterocycles. The van der Waals surface area contributed by atoms with E-state index in [9.17, 15) is 4.79 Å². The van der Waals surface area contributed by atoms with Gasteiger partial charge >= 0.3 is 0 Å². The first kappa shape index (κ1) is 19.3. The lowest BCUT2D eigenvalue weighted by atomic mass is 9.85. The average molecular weight is 379 g/mol. The topological polar surface area (TPSA) is 32.3 Å². The summed E-state index contributed by atoms with van der Waals surface area (Å²) in [5.41, 5.74) is 3.39. The summed E-state index contributed by atoms with van der Waals surface area (Å²) in [6, 6.07) is 18.3. The number of aryl methyl sites for hydroxylation is 1. The zero-order valence-corrected chi connectivity index (χ0v) is 16.5. The van der Waals surface area contributed by atoms with Crippen LogP contribution in [0.15, 0.2) is 60.7 Å². The fourth-order valence-corrected chi connectivity index (χ4v) is 3.33. The monoisotopic (exact) mass is 378 g/mol. The van der Waals surface area contributed by atoms with Crippen molar-refractivity contribution in [3.05, 3.63) is 77.4 Å². The van der Waals surface area contributed by atoms with Crippen LogP contribution in [0.1, 0.15) is 36.0 Å². The summed E-state index contributed by atoms with van der Waals surface area (Å²) < 4.78 is 0. The van der Waals surface area contributed by atoms with E-state index >= 15 is 0 Å². The van der Waals surface area contributed by atoms with Crippen molar-refractivity contribution in [1.82, 2.24) is 10.2 Å². The summed E-state index contributed by atoms with van der Waals surface area (Å²) in [6.45, 7) is 3.66. The molecule has 1 fully saturated rings. The number of benzene rings is 2. The second-order valence-corrected chi connectivity index (χ2v) is 7.59. The second kappa shape index (κ2) is 9.47. The molecule has 2 aromatic rings. The summed E-state index contributed by atoms with van der Waals surface area (Å²) in [6.07, 6.45) is 7.14. The molecule has 1 N–H and O–H groups in total. The van der Waals surface area contributed by atoms with Crippen molar-refractivity contribution in [3.63, 3.8) is 0 Å². The smallest absolute Gasteiger partial charge is 0.250 e. The molecule has 1 aliphatic rings. The maximum atomic E-state index is 12.3. The summed E-state index contributed by atoms with van der Waals surface area (Å²) >= 11 is 5.55. The van der Waals surface area contributed by atoms with Gasteiger partial charge in [0.15, 0.2) is 5.11 Å². The number of carbonyl (C=O) groups excluding carboxylic acids is 1. The first-order valence-electron chi connectivity index (χ1n) is 9.49. The molecule has 0 spiro atoms. The zero-order chi connectivity index (χ0) is 19.1. The fraction of sp³-hybridized carbons (Fsp3) is 0.304. The molecule has 27 heavy (non-hydrogen) atoms. The molecule has 3 rings (SSSR count). The third-order valence-electron chi connectivity index (χ3n) is 4.94. The minimum atomic E-state index is -0.188. The standard InChI is InChI=1S/C23H26N2OS/c1-18-10-12-19(13-11-18)14-15-22(26)24-23(27)25(17-21-8-5-9-21)16-20-6-3-2-4-7-20/h2-4,6-7,10-15,21H,5,8-9,16-17H2,1H3,(H,24,26,27). The molecular formula is C23H26N2OS. The van der Waals surface area contributed by atoms with Crippen LogP contribution < -0.4 is 5.32 Å². The first-order chi connectivity index (χ1) is 13.1. The lowest BCUT2D eigenvalue weighted by Gasteiger charge is -2.33. The molecule has 4 heteroatoms. The third kappa shape index (κ3) is 6.04. The minimum absolute atomic E-state index is 0.188. The van der Waals surface area contributed by atoms with E-state index in [0.717, 1.165) is 18.7 Å². The number of hydrogen-bond acceptors (Lipinski definition) is 2. The van der Waals surface area contributed by atoms with Crippen LogP contribution in [0, 0.1) is 12.8 Å². The van der Waals surface area contributed by atoms with Crippen molar-refractivity contribution in [2.24, 2.45) is 5.92 Å². The number of nitrogens with one attached hydrogen (secondary N) is 1. The van der Waals surface area contributed by atoms with Crippen molar-refractivity contribution in [2.45, 2.75) is 32.7 Å². The number of amides is 1. The van der Waals surface area contributed by atoms with Crippen LogP contribution in [0.2, 0.25) is 0 Å². The van der Waals surface area contributed by atoms with Gasteiger partial charge in [-0.2, -0.15) is 0 Å². The number of nitrogens with zero attached hydrogens (tertiary/aromatic N) is 1. The molecule has 0 unspecified atom stereocenters. The van der Waals surface area contributed by atoms with Crippen molar-refractivity contribution < 1.29 is 4.79 Å². The lowest BCUT2D eigenvalue weighted by molar-refractivity contribution is -0.115. The van der Waals surface area contributed by atoms with Crippen molar-refractivity contribution in [1.29, 1.82) is 0 Å². The van der Waals surface area contributed by atoms with Gasteiger partial charge in [-0.05, 0) is 55.1 Å². The van der Waals surface area contributed by atoms with E-state index < -0.39 is 0 Å². The first-order valence-corrected chi connectivity index (χ1v) is 9.89. The SMILES string of the molecule is Cc1ccc(C=CC(=O)NC(=S)N(Cc2ccccc2)CC2CCC2)cc1. The van der Waals surface area contributed by atoms with Gasteiger partial charge in [0.25, 0.3) is 0 Å². The summed E-state index contributed by atoms with van der Waals surface area (Å²) in [4.78, 5) is 14.4. The molecule has 1 aliphatic carbocycles. The molecule has 0 bridgehead atoms. The van der Waals surface area contributed by atoms with Gasteiger partial charge in [0.05, 0.1) is 0 Å². The predicted molar refractivity (Wildman–Crippen MR) is 115 cm³/mol. The van der Waals surface area contributed by atoms with Crippen LogP contribution in [0.5, 0.6) is 0 Å². The van der Waals surface area contributed by atoms with Gasteiger partial charge in [-0.25, -0.2) is 0 Å². The van der Waals surface area contributed by atoms with Gasteiger partial charge in [0.1, 0.15) is 0 Å². The Morgan fingerprint density at radius 3 is 2.48 bits per heavy atom. The summed E-state index contributed by atoms with van der Waals surface area (Å²) in [7, 11) is 0. The van der Waals surface area contributed by atoms with Crippen LogP contribution >= 0.6 is 12.2 Å². The van der Waals surface area contributed by atoms with Crippen LogP contribution in [-0.2, 0) is 11.3 Å². The maximum Gasteiger partial charge on any atom is 0.250 e. The number of thiocarbonyl (C=S) groups is 1. The number of rotatable bonds is 6. The molecular weight excluding hydrogens is 352 g/mol. The van der Waals surface area contributed by atoms with Crippen LogP contribution in [0.4, 0.5) is 0 Å². The van der Waals surface area contributed by atoms with Gasteiger partial charge in [-0.1, -0.05) is 66.6 Å². The maximum absolute atomic E-state index is 12.3. The van der Waals surface area contributed by atoms with E-state index in [1.807, 2.05) is 55.5 Å². The Kier molecular flexibility index (Phi) is 6.77. The molecule has 0 atom stereocenters. The van der Waals surface area contributed by atoms with E-state index in [-0.39, 0.29) is 5.91 Å². The number of carbonyl (C=O) groups is 1.